The predicted octanol–water partition coefficient (Wildman–Crippen LogP) is 3.38. The van der Waals surface area contributed by atoms with Crippen LogP contribution in [0.25, 0.3) is 10.8 Å². The average Bonchev–Trinajstić information content (AvgIpc) is 2.59. The standard InChI is InChI=1S/C19H25N3O.HI/c1-2-20-19(22-11-9-18(23)10-12-22)21-14-15-7-8-16-5-3-4-6-17(16)13-15;/h3-8,13,18,23H,2,9-12,14H2,1H3,(H,20,21);1H. The highest BCUT2D eigenvalue weighted by atomic mass is 127. The van der Waals surface area contributed by atoms with E-state index >= 15 is 0 Å². The van der Waals surface area contributed by atoms with Gasteiger partial charge in [-0.2, -0.15) is 0 Å². The van der Waals surface area contributed by atoms with E-state index in [1.165, 1.54) is 16.3 Å². The zero-order valence-corrected chi connectivity index (χ0v) is 16.4. The first-order valence-corrected chi connectivity index (χ1v) is 8.45. The second-order valence-electron chi connectivity index (χ2n) is 6.07. The molecule has 0 atom stereocenters. The molecule has 1 aliphatic rings. The maximum absolute atomic E-state index is 9.66. The first kappa shape index (κ1) is 19.0. The normalized spacial score (nSPS) is 16.1. The third-order valence-electron chi connectivity index (χ3n) is 4.32. The number of nitrogens with zero attached hydrogens (tertiary/aromatic N) is 2. The van der Waals surface area contributed by atoms with Crippen LogP contribution in [0.5, 0.6) is 0 Å². The number of hydrogen-bond acceptors (Lipinski definition) is 2. The van der Waals surface area contributed by atoms with Crippen LogP contribution in [0, 0.1) is 0 Å². The van der Waals surface area contributed by atoms with Crippen molar-refractivity contribution in [2.45, 2.75) is 32.4 Å². The molecule has 1 saturated heterocycles. The van der Waals surface area contributed by atoms with Crippen LogP contribution in [-0.4, -0.2) is 41.7 Å². The Morgan fingerprint density at radius 1 is 1.17 bits per heavy atom. The fourth-order valence-corrected chi connectivity index (χ4v) is 3.01. The number of benzene rings is 2. The molecule has 0 amide bonds. The highest BCUT2D eigenvalue weighted by Gasteiger charge is 2.19. The summed E-state index contributed by atoms with van der Waals surface area (Å²) in [5.74, 6) is 0.951. The third-order valence-corrected chi connectivity index (χ3v) is 4.32. The van der Waals surface area contributed by atoms with E-state index in [4.69, 9.17) is 4.99 Å². The van der Waals surface area contributed by atoms with Gasteiger partial charge in [0.05, 0.1) is 12.6 Å². The molecule has 1 fully saturated rings. The minimum Gasteiger partial charge on any atom is -0.393 e. The summed E-state index contributed by atoms with van der Waals surface area (Å²) >= 11 is 0. The zero-order chi connectivity index (χ0) is 16.1. The van der Waals surface area contributed by atoms with E-state index in [1.807, 2.05) is 0 Å². The molecule has 0 unspecified atom stereocenters. The van der Waals surface area contributed by atoms with Gasteiger partial charge in [-0.15, -0.1) is 24.0 Å². The number of aliphatic hydroxyl groups is 1. The first-order chi connectivity index (χ1) is 11.3. The highest BCUT2D eigenvalue weighted by Crippen LogP contribution is 2.16. The van der Waals surface area contributed by atoms with E-state index in [9.17, 15) is 5.11 Å². The second-order valence-corrected chi connectivity index (χ2v) is 6.07. The number of likely N-dealkylation sites (tertiary alicyclic amines) is 1. The molecule has 2 aromatic rings. The highest BCUT2D eigenvalue weighted by molar-refractivity contribution is 14.0. The molecule has 0 saturated carbocycles. The summed E-state index contributed by atoms with van der Waals surface area (Å²) in [6.45, 7) is 5.35. The van der Waals surface area contributed by atoms with Gasteiger partial charge in [0.1, 0.15) is 0 Å². The van der Waals surface area contributed by atoms with Crippen LogP contribution < -0.4 is 5.32 Å². The Bertz CT molecular complexity index is 681. The van der Waals surface area contributed by atoms with Crippen LogP contribution >= 0.6 is 24.0 Å². The minimum absolute atomic E-state index is 0. The lowest BCUT2D eigenvalue weighted by atomic mass is 10.1. The fourth-order valence-electron chi connectivity index (χ4n) is 3.01. The molecular formula is C19H26IN3O. The van der Waals surface area contributed by atoms with Gasteiger partial charge in [0.25, 0.3) is 0 Å². The Balaban J connectivity index is 0.00000208. The van der Waals surface area contributed by atoms with Crippen molar-refractivity contribution in [3.05, 3.63) is 48.0 Å². The van der Waals surface area contributed by atoms with Gasteiger partial charge in [0.2, 0.25) is 0 Å². The number of halogens is 1. The number of aliphatic imine (C=N–C) groups is 1. The van der Waals surface area contributed by atoms with Crippen LogP contribution in [0.3, 0.4) is 0 Å². The van der Waals surface area contributed by atoms with Crippen molar-refractivity contribution < 1.29 is 5.11 Å². The predicted molar refractivity (Wildman–Crippen MR) is 111 cm³/mol. The van der Waals surface area contributed by atoms with E-state index in [1.54, 1.807) is 0 Å². The molecule has 0 bridgehead atoms. The quantitative estimate of drug-likeness (QED) is 0.438. The summed E-state index contributed by atoms with van der Waals surface area (Å²) in [4.78, 5) is 7.04. The first-order valence-electron chi connectivity index (χ1n) is 8.45. The summed E-state index contributed by atoms with van der Waals surface area (Å²) in [5.41, 5.74) is 1.22. The molecule has 2 aromatic carbocycles. The zero-order valence-electron chi connectivity index (χ0n) is 14.1. The lowest BCUT2D eigenvalue weighted by Crippen LogP contribution is -2.46. The number of hydrogen-bond donors (Lipinski definition) is 2. The monoisotopic (exact) mass is 439 g/mol. The van der Waals surface area contributed by atoms with Crippen LogP contribution in [0.15, 0.2) is 47.5 Å². The Labute approximate surface area is 161 Å². The minimum atomic E-state index is -0.158. The molecule has 3 rings (SSSR count). The number of guanidine groups is 1. The summed E-state index contributed by atoms with van der Waals surface area (Å²) in [5, 5.41) is 15.5. The van der Waals surface area contributed by atoms with E-state index in [-0.39, 0.29) is 30.1 Å². The topological polar surface area (TPSA) is 47.9 Å². The average molecular weight is 439 g/mol. The van der Waals surface area contributed by atoms with Crippen molar-refractivity contribution in [3.8, 4) is 0 Å². The molecular weight excluding hydrogens is 413 g/mol. The lowest BCUT2D eigenvalue weighted by molar-refractivity contribution is 0.108. The third kappa shape index (κ3) is 4.83. The van der Waals surface area contributed by atoms with Crippen LogP contribution in [0.2, 0.25) is 0 Å². The Morgan fingerprint density at radius 2 is 1.88 bits per heavy atom. The molecule has 0 spiro atoms. The Morgan fingerprint density at radius 3 is 2.58 bits per heavy atom. The van der Waals surface area contributed by atoms with Crippen LogP contribution in [0.1, 0.15) is 25.3 Å². The van der Waals surface area contributed by atoms with Crippen LogP contribution in [0.4, 0.5) is 0 Å². The fraction of sp³-hybridized carbons (Fsp3) is 0.421. The van der Waals surface area contributed by atoms with Crippen molar-refractivity contribution in [1.29, 1.82) is 0 Å². The Kier molecular flexibility index (Phi) is 7.30. The van der Waals surface area contributed by atoms with E-state index in [2.05, 4.69) is 59.6 Å². The molecule has 24 heavy (non-hydrogen) atoms. The summed E-state index contributed by atoms with van der Waals surface area (Å²) < 4.78 is 0. The van der Waals surface area contributed by atoms with Gasteiger partial charge in [-0.05, 0) is 42.2 Å². The molecule has 2 N–H and O–H groups in total. The summed E-state index contributed by atoms with van der Waals surface area (Å²) in [6.07, 6.45) is 1.48. The van der Waals surface area contributed by atoms with Crippen molar-refractivity contribution in [2.24, 2.45) is 4.99 Å². The van der Waals surface area contributed by atoms with Gasteiger partial charge in [0.15, 0.2) is 5.96 Å². The number of rotatable bonds is 3. The molecule has 0 aromatic heterocycles. The molecule has 1 heterocycles. The van der Waals surface area contributed by atoms with Crippen LogP contribution in [-0.2, 0) is 6.54 Å². The molecule has 0 aliphatic carbocycles. The number of aliphatic hydroxyl groups excluding tert-OH is 1. The van der Waals surface area contributed by atoms with E-state index in [0.717, 1.165) is 38.4 Å². The van der Waals surface area contributed by atoms with E-state index < -0.39 is 0 Å². The maximum Gasteiger partial charge on any atom is 0.194 e. The Hall–Kier alpha value is -1.34. The van der Waals surface area contributed by atoms with E-state index in [0.29, 0.717) is 6.54 Å². The molecule has 4 nitrogen and oxygen atoms in total. The molecule has 5 heteroatoms. The van der Waals surface area contributed by atoms with Crippen molar-refractivity contribution in [2.75, 3.05) is 19.6 Å². The molecule has 130 valence electrons. The largest absolute Gasteiger partial charge is 0.393 e. The second kappa shape index (κ2) is 9.22. The van der Waals surface area contributed by atoms with Gasteiger partial charge in [-0.25, -0.2) is 4.99 Å². The van der Waals surface area contributed by atoms with Gasteiger partial charge in [-0.3, -0.25) is 0 Å². The maximum atomic E-state index is 9.66. The van der Waals surface area contributed by atoms with Gasteiger partial charge in [-0.1, -0.05) is 36.4 Å². The van der Waals surface area contributed by atoms with Gasteiger partial charge in [0, 0.05) is 19.6 Å². The lowest BCUT2D eigenvalue weighted by Gasteiger charge is -2.32. The van der Waals surface area contributed by atoms with Gasteiger partial charge >= 0.3 is 0 Å². The summed E-state index contributed by atoms with van der Waals surface area (Å²) in [6, 6.07) is 14.9. The van der Waals surface area contributed by atoms with Crippen molar-refractivity contribution >= 4 is 40.7 Å². The van der Waals surface area contributed by atoms with Gasteiger partial charge < -0.3 is 15.3 Å². The number of piperidine rings is 1. The smallest absolute Gasteiger partial charge is 0.194 e. The summed E-state index contributed by atoms with van der Waals surface area (Å²) in [7, 11) is 0. The SMILES string of the molecule is CCNC(=NCc1ccc2ccccc2c1)N1CCC(O)CC1.I. The molecule has 1 aliphatic heterocycles. The number of fused-ring (bicyclic) bond motifs is 1. The molecule has 0 radical (unpaired) electrons. The van der Waals surface area contributed by atoms with Crippen molar-refractivity contribution in [3.63, 3.8) is 0 Å². The number of nitrogens with one attached hydrogen (secondary N) is 1. The van der Waals surface area contributed by atoms with Crippen molar-refractivity contribution in [1.82, 2.24) is 10.2 Å².